The van der Waals surface area contributed by atoms with Crippen LogP contribution in [0.15, 0.2) is 53.6 Å². The first kappa shape index (κ1) is 36.0. The lowest BCUT2D eigenvalue weighted by Gasteiger charge is -2.72. The molecule has 1 heterocycles. The zero-order valence-electron chi connectivity index (χ0n) is 32.7. The second-order valence-electron chi connectivity index (χ2n) is 19.5. The highest BCUT2D eigenvalue weighted by Crippen LogP contribution is 2.76. The van der Waals surface area contributed by atoms with E-state index in [9.17, 15) is 4.79 Å². The summed E-state index contributed by atoms with van der Waals surface area (Å²) < 4.78 is 11.4. The minimum absolute atomic E-state index is 0.0181. The van der Waals surface area contributed by atoms with Crippen molar-refractivity contribution < 1.29 is 14.3 Å². The van der Waals surface area contributed by atoms with Crippen LogP contribution in [0.25, 0.3) is 0 Å². The Balaban J connectivity index is 0.957. The van der Waals surface area contributed by atoms with E-state index < -0.39 is 0 Å². The van der Waals surface area contributed by atoms with Crippen LogP contribution >= 0.6 is 0 Å². The number of hydrogen-bond acceptors (Lipinski definition) is 5. The van der Waals surface area contributed by atoms with Crippen LogP contribution in [-0.4, -0.2) is 55.8 Å². The molecule has 1 aromatic carbocycles. The van der Waals surface area contributed by atoms with Crippen molar-refractivity contribution in [1.82, 2.24) is 10.2 Å². The molecular formula is C46H68N2O3. The smallest absolute Gasteiger partial charge is 0.309 e. The Morgan fingerprint density at radius 2 is 1.67 bits per heavy atom. The summed E-state index contributed by atoms with van der Waals surface area (Å²) in [6.07, 6.45) is 21.6. The number of carbonyl (C=O) groups excluding carboxylic acids is 1. The second kappa shape index (κ2) is 13.7. The molecular weight excluding hydrogens is 629 g/mol. The largest absolute Gasteiger partial charge is 0.461 e. The molecule has 6 aliphatic carbocycles. The van der Waals surface area contributed by atoms with Crippen LogP contribution in [0.4, 0.5) is 0 Å². The Labute approximate surface area is 309 Å². The van der Waals surface area contributed by atoms with Crippen LogP contribution in [0.3, 0.4) is 0 Å². The summed E-state index contributed by atoms with van der Waals surface area (Å²) in [5.41, 5.74) is 5.87. The van der Waals surface area contributed by atoms with E-state index in [1.54, 1.807) is 5.57 Å². The number of allylic oxidation sites excluding steroid dienone is 4. The van der Waals surface area contributed by atoms with Crippen molar-refractivity contribution in [2.75, 3.05) is 39.4 Å². The lowest BCUT2D eigenvalue weighted by Crippen LogP contribution is -2.67. The van der Waals surface area contributed by atoms with Gasteiger partial charge in [-0.05, 0) is 139 Å². The lowest BCUT2D eigenvalue weighted by molar-refractivity contribution is -0.218. The first-order chi connectivity index (χ1) is 24.5. The zero-order chi connectivity index (χ0) is 35.5. The van der Waals surface area contributed by atoms with Crippen LogP contribution in [0.5, 0.6) is 0 Å². The zero-order valence-corrected chi connectivity index (χ0v) is 32.7. The molecule has 0 aromatic heterocycles. The lowest BCUT2D eigenvalue weighted by atomic mass is 9.33. The molecule has 7 aliphatic rings. The maximum absolute atomic E-state index is 13.0. The first-order valence-electron chi connectivity index (χ1n) is 21.2. The van der Waals surface area contributed by atoms with Crippen LogP contribution in [0, 0.1) is 51.2 Å². The Bertz CT molecular complexity index is 1490. The monoisotopic (exact) mass is 697 g/mol. The number of hydrogen-bond donors (Lipinski definition) is 1. The quantitative estimate of drug-likeness (QED) is 0.275. The number of morpholine rings is 1. The molecule has 0 spiro atoms. The van der Waals surface area contributed by atoms with E-state index in [0.29, 0.717) is 34.3 Å². The third kappa shape index (κ3) is 6.02. The molecule has 280 valence electrons. The van der Waals surface area contributed by atoms with Crippen LogP contribution in [0.2, 0.25) is 0 Å². The van der Waals surface area contributed by atoms with Gasteiger partial charge in [-0.3, -0.25) is 9.69 Å². The van der Waals surface area contributed by atoms with Gasteiger partial charge in [-0.1, -0.05) is 83.5 Å². The number of ether oxygens (including phenoxy) is 2. The Hall–Kier alpha value is -1.95. The molecule has 1 aromatic rings. The number of rotatable bonds is 8. The molecule has 0 amide bonds. The van der Waals surface area contributed by atoms with E-state index in [-0.39, 0.29) is 17.3 Å². The van der Waals surface area contributed by atoms with Crippen LogP contribution in [-0.2, 0) is 20.9 Å². The molecule has 0 radical (unpaired) electrons. The molecule has 5 heteroatoms. The molecule has 1 N–H and O–H groups in total. The highest BCUT2D eigenvalue weighted by molar-refractivity contribution is 5.73. The van der Waals surface area contributed by atoms with E-state index in [4.69, 9.17) is 9.47 Å². The Kier molecular flexibility index (Phi) is 9.70. The molecule has 1 saturated heterocycles. The van der Waals surface area contributed by atoms with Gasteiger partial charge in [0.2, 0.25) is 0 Å². The van der Waals surface area contributed by atoms with Gasteiger partial charge in [0.05, 0.1) is 19.1 Å². The number of esters is 1. The maximum Gasteiger partial charge on any atom is 0.309 e. The standard InChI is InChI=1S/C46H68N2O3/c1-42(2)36(34-13-15-35(16-14-34)41(49)51-32-33-10-7-6-8-11-33)19-22-43(3)39(42)20-23-45(5)40(43)18-17-37-38-12-9-21-46(38,25-24-44(37,45)4)47-26-27-48-28-30-50-31-29-48/h6-8,10-11,13,19,35,37-40,47H,9,12,14-18,20-32H2,1-5H3/t35-,37+,38+,39?,40?,43-,44+,45+,46-/m0/s1. The van der Waals surface area contributed by atoms with Gasteiger partial charge in [-0.25, -0.2) is 0 Å². The van der Waals surface area contributed by atoms with Crippen molar-refractivity contribution in [2.24, 2.45) is 51.2 Å². The van der Waals surface area contributed by atoms with Gasteiger partial charge < -0.3 is 14.8 Å². The molecule has 5 fully saturated rings. The number of nitrogens with zero attached hydrogens (tertiary/aromatic N) is 1. The fraction of sp³-hybridized carbons (Fsp3) is 0.761. The molecule has 5 nitrogen and oxygen atoms in total. The summed E-state index contributed by atoms with van der Waals surface area (Å²) in [5.74, 6) is 3.14. The van der Waals surface area contributed by atoms with Crippen LogP contribution in [0.1, 0.15) is 124 Å². The number of nitrogens with one attached hydrogen (secondary N) is 1. The number of benzene rings is 1. The van der Waals surface area contributed by atoms with Crippen molar-refractivity contribution in [3.63, 3.8) is 0 Å². The normalized spacial score (nSPS) is 42.0. The van der Waals surface area contributed by atoms with Gasteiger partial charge in [0.15, 0.2) is 0 Å². The molecule has 51 heavy (non-hydrogen) atoms. The summed E-state index contributed by atoms with van der Waals surface area (Å²) in [5, 5.41) is 4.28. The first-order valence-corrected chi connectivity index (χ1v) is 21.2. The average Bonchev–Trinajstić information content (AvgIpc) is 3.56. The highest BCUT2D eigenvalue weighted by atomic mass is 16.5. The van der Waals surface area contributed by atoms with E-state index >= 15 is 0 Å². The van der Waals surface area contributed by atoms with E-state index in [0.717, 1.165) is 75.4 Å². The van der Waals surface area contributed by atoms with Crippen molar-refractivity contribution in [3.8, 4) is 0 Å². The fourth-order valence-corrected chi connectivity index (χ4v) is 14.5. The Morgan fingerprint density at radius 3 is 2.43 bits per heavy atom. The topological polar surface area (TPSA) is 50.8 Å². The summed E-state index contributed by atoms with van der Waals surface area (Å²) >= 11 is 0. The predicted octanol–water partition coefficient (Wildman–Crippen LogP) is 9.52. The number of carbonyl (C=O) groups is 1. The fourth-order valence-electron chi connectivity index (χ4n) is 14.5. The second-order valence-corrected chi connectivity index (χ2v) is 19.5. The van der Waals surface area contributed by atoms with Crippen molar-refractivity contribution in [1.29, 1.82) is 0 Å². The average molecular weight is 697 g/mol. The summed E-state index contributed by atoms with van der Waals surface area (Å²) in [6, 6.07) is 10.1. The Morgan fingerprint density at radius 1 is 0.863 bits per heavy atom. The van der Waals surface area contributed by atoms with Crippen molar-refractivity contribution in [3.05, 3.63) is 59.2 Å². The van der Waals surface area contributed by atoms with E-state index in [2.05, 4.69) is 57.0 Å². The third-order valence-corrected chi connectivity index (χ3v) is 17.3. The van der Waals surface area contributed by atoms with Crippen molar-refractivity contribution >= 4 is 5.97 Å². The molecule has 2 unspecified atom stereocenters. The summed E-state index contributed by atoms with van der Waals surface area (Å²) in [6.45, 7) is 20.1. The van der Waals surface area contributed by atoms with Gasteiger partial charge in [-0.15, -0.1) is 0 Å². The van der Waals surface area contributed by atoms with Gasteiger partial charge >= 0.3 is 5.97 Å². The predicted molar refractivity (Wildman–Crippen MR) is 206 cm³/mol. The molecule has 8 rings (SSSR count). The molecule has 9 atom stereocenters. The van der Waals surface area contributed by atoms with Gasteiger partial charge in [0.1, 0.15) is 6.61 Å². The molecule has 1 aliphatic heterocycles. The number of fused-ring (bicyclic) bond motifs is 7. The van der Waals surface area contributed by atoms with Crippen molar-refractivity contribution in [2.45, 2.75) is 130 Å². The maximum atomic E-state index is 13.0. The van der Waals surface area contributed by atoms with E-state index in [1.165, 1.54) is 76.3 Å². The van der Waals surface area contributed by atoms with Gasteiger partial charge in [0.25, 0.3) is 0 Å². The minimum Gasteiger partial charge on any atom is -0.461 e. The van der Waals surface area contributed by atoms with Gasteiger partial charge in [-0.2, -0.15) is 0 Å². The van der Waals surface area contributed by atoms with Gasteiger partial charge in [0, 0.05) is 31.7 Å². The summed E-state index contributed by atoms with van der Waals surface area (Å²) in [4.78, 5) is 15.6. The third-order valence-electron chi connectivity index (χ3n) is 17.3. The van der Waals surface area contributed by atoms with E-state index in [1.807, 2.05) is 30.3 Å². The SMILES string of the molecule is CC1(C)C(C2=CC[C@H](C(=O)OCc3ccccc3)CC2)=CC[C@@]2(C)C1CC[C@]1(C)C2CC[C@@H]2[C@H]3CCC[C@]3(NCCN3CCOCC3)CC[C@]21C. The minimum atomic E-state index is -0.0318. The highest BCUT2D eigenvalue weighted by Gasteiger charge is 2.69. The molecule has 0 bridgehead atoms. The van der Waals surface area contributed by atoms with Crippen LogP contribution < -0.4 is 5.32 Å². The molecule has 4 saturated carbocycles. The summed E-state index contributed by atoms with van der Waals surface area (Å²) in [7, 11) is 0.